The summed E-state index contributed by atoms with van der Waals surface area (Å²) in [5, 5.41) is 9.76. The maximum Gasteiger partial charge on any atom is 0.333 e. The van der Waals surface area contributed by atoms with Gasteiger partial charge in [0.25, 0.3) is 0 Å². The molecular weight excluding hydrogens is 412 g/mol. The van der Waals surface area contributed by atoms with Crippen LogP contribution in [0.1, 0.15) is 11.1 Å². The van der Waals surface area contributed by atoms with Gasteiger partial charge < -0.3 is 14.9 Å². The third-order valence-corrected chi connectivity index (χ3v) is 6.95. The number of carboxylic acids is 1. The first-order chi connectivity index (χ1) is 16.0. The summed E-state index contributed by atoms with van der Waals surface area (Å²) in [6.07, 6.45) is 5.60. The summed E-state index contributed by atoms with van der Waals surface area (Å²) in [7, 11) is 4.05. The van der Waals surface area contributed by atoms with Gasteiger partial charge >= 0.3 is 5.97 Å². The van der Waals surface area contributed by atoms with Crippen molar-refractivity contribution in [3.63, 3.8) is 0 Å². The fourth-order valence-corrected chi connectivity index (χ4v) is 5.00. The van der Waals surface area contributed by atoms with Crippen molar-refractivity contribution in [3.8, 4) is 11.1 Å². The van der Waals surface area contributed by atoms with E-state index in [1.54, 1.807) is 12.4 Å². The molecule has 1 saturated heterocycles. The van der Waals surface area contributed by atoms with Crippen molar-refractivity contribution in [2.75, 3.05) is 40.3 Å². The molecule has 0 amide bonds. The predicted octanol–water partition coefficient (Wildman–Crippen LogP) is 3.22. The number of aliphatic carboxylic acids is 1. The minimum Gasteiger partial charge on any atom is -0.478 e. The lowest BCUT2D eigenvalue weighted by Gasteiger charge is -2.32. The van der Waals surface area contributed by atoms with E-state index >= 15 is 0 Å². The highest BCUT2D eigenvalue weighted by Gasteiger charge is 2.36. The topological polar surface area (TPSA) is 59.4 Å². The van der Waals surface area contributed by atoms with E-state index in [0.29, 0.717) is 5.57 Å². The molecule has 2 unspecified atom stereocenters. The molecule has 2 atom stereocenters. The molecule has 6 nitrogen and oxygen atoms in total. The number of aliphatic imine (C=N–C) groups is 1. The van der Waals surface area contributed by atoms with Crippen molar-refractivity contribution in [2.45, 2.75) is 18.6 Å². The number of likely N-dealkylation sites (N-methyl/N-ethyl adjacent to an activating group) is 2. The molecule has 0 bridgehead atoms. The predicted molar refractivity (Wildman–Crippen MR) is 132 cm³/mol. The number of allylic oxidation sites excluding steroid dienone is 2. The van der Waals surface area contributed by atoms with Gasteiger partial charge in [-0.2, -0.15) is 0 Å². The highest BCUT2D eigenvalue weighted by atomic mass is 16.4. The second kappa shape index (κ2) is 8.96. The average molecular weight is 443 g/mol. The summed E-state index contributed by atoms with van der Waals surface area (Å²) in [6, 6.07) is 16.7. The Hall–Kier alpha value is -3.22. The number of benzene rings is 2. The number of piperazine rings is 1. The number of carbonyl (C=O) groups is 1. The van der Waals surface area contributed by atoms with Gasteiger partial charge in [0, 0.05) is 39.8 Å². The molecule has 0 spiro atoms. The lowest BCUT2D eigenvalue weighted by molar-refractivity contribution is -0.133. The smallest absolute Gasteiger partial charge is 0.333 e. The number of fused-ring (bicyclic) bond motifs is 1. The molecule has 0 radical (unpaired) electrons. The maximum absolute atomic E-state index is 11.9. The first-order valence-electron chi connectivity index (χ1n) is 11.5. The third kappa shape index (κ3) is 4.36. The maximum atomic E-state index is 11.9. The number of hydrogen-bond acceptors (Lipinski definition) is 5. The van der Waals surface area contributed by atoms with Gasteiger partial charge in [0.15, 0.2) is 0 Å². The Morgan fingerprint density at radius 3 is 2.42 bits per heavy atom. The fourth-order valence-electron chi connectivity index (χ4n) is 5.00. The highest BCUT2D eigenvalue weighted by Crippen LogP contribution is 2.33. The molecule has 3 aliphatic rings. The van der Waals surface area contributed by atoms with Crippen molar-refractivity contribution in [3.05, 3.63) is 77.4 Å². The zero-order chi connectivity index (χ0) is 22.9. The summed E-state index contributed by atoms with van der Waals surface area (Å²) in [5.41, 5.74) is 6.09. The molecule has 1 fully saturated rings. The molecule has 1 aliphatic carbocycles. The molecule has 0 aromatic heterocycles. The number of rotatable bonds is 5. The minimum absolute atomic E-state index is 0.162. The zero-order valence-electron chi connectivity index (χ0n) is 19.2. The van der Waals surface area contributed by atoms with Crippen LogP contribution in [0.25, 0.3) is 16.7 Å². The Morgan fingerprint density at radius 1 is 1.00 bits per heavy atom. The van der Waals surface area contributed by atoms with E-state index in [0.717, 1.165) is 43.9 Å². The van der Waals surface area contributed by atoms with Crippen LogP contribution < -0.4 is 0 Å². The molecule has 2 aromatic carbocycles. The van der Waals surface area contributed by atoms with E-state index in [2.05, 4.69) is 76.4 Å². The summed E-state index contributed by atoms with van der Waals surface area (Å²) >= 11 is 0. The van der Waals surface area contributed by atoms with Gasteiger partial charge in [0.2, 0.25) is 0 Å². The normalized spacial score (nSPS) is 23.3. The van der Waals surface area contributed by atoms with Gasteiger partial charge in [-0.15, -0.1) is 0 Å². The van der Waals surface area contributed by atoms with Crippen LogP contribution in [-0.4, -0.2) is 84.5 Å². The first kappa shape index (κ1) is 21.6. The van der Waals surface area contributed by atoms with Gasteiger partial charge in [-0.05, 0) is 47.0 Å². The van der Waals surface area contributed by atoms with Crippen molar-refractivity contribution in [1.82, 2.24) is 14.7 Å². The molecule has 33 heavy (non-hydrogen) atoms. The summed E-state index contributed by atoms with van der Waals surface area (Å²) < 4.78 is 0. The summed E-state index contributed by atoms with van der Waals surface area (Å²) in [5.74, 6) is -0.887. The van der Waals surface area contributed by atoms with E-state index < -0.39 is 5.97 Å². The second-order valence-corrected chi connectivity index (χ2v) is 9.21. The van der Waals surface area contributed by atoms with E-state index in [1.165, 1.54) is 16.7 Å². The lowest BCUT2D eigenvalue weighted by Crippen LogP contribution is -2.43. The SMILES string of the molecule is CN1CCN(Cc2ccccc2-c2ccc(C3=CC4N=CN(C)C4C(C(=O)O)=C3)cc2)CC1. The largest absolute Gasteiger partial charge is 0.478 e. The Labute approximate surface area is 195 Å². The van der Waals surface area contributed by atoms with Crippen LogP contribution in [0.4, 0.5) is 0 Å². The van der Waals surface area contributed by atoms with E-state index in [1.807, 2.05) is 11.9 Å². The van der Waals surface area contributed by atoms with E-state index in [9.17, 15) is 9.90 Å². The molecule has 170 valence electrons. The van der Waals surface area contributed by atoms with Gasteiger partial charge in [-0.1, -0.05) is 48.5 Å². The molecule has 2 aromatic rings. The van der Waals surface area contributed by atoms with Crippen LogP contribution in [-0.2, 0) is 11.3 Å². The molecular formula is C27H30N4O2. The number of hydrogen-bond donors (Lipinski definition) is 1. The standard InChI is InChI=1S/C27H30N4O2/c1-29-11-13-31(14-12-29)17-21-5-3-4-6-23(21)20-9-7-19(8-10-20)22-15-24(27(32)33)26-25(16-22)28-18-30(26)2/h3-10,15-16,18,25-26H,11-14,17H2,1-2H3,(H,32,33). The van der Waals surface area contributed by atoms with Crippen molar-refractivity contribution in [2.24, 2.45) is 4.99 Å². The zero-order valence-corrected chi connectivity index (χ0v) is 19.2. The quantitative estimate of drug-likeness (QED) is 0.771. The average Bonchev–Trinajstić information content (AvgIpc) is 3.21. The van der Waals surface area contributed by atoms with Crippen LogP contribution in [0.2, 0.25) is 0 Å². The third-order valence-electron chi connectivity index (χ3n) is 6.95. The molecule has 5 rings (SSSR count). The Bertz CT molecular complexity index is 1130. The van der Waals surface area contributed by atoms with Crippen LogP contribution in [0.5, 0.6) is 0 Å². The Morgan fingerprint density at radius 2 is 1.70 bits per heavy atom. The first-order valence-corrected chi connectivity index (χ1v) is 11.5. The molecule has 2 aliphatic heterocycles. The second-order valence-electron chi connectivity index (χ2n) is 9.21. The van der Waals surface area contributed by atoms with Crippen molar-refractivity contribution >= 4 is 17.9 Å². The van der Waals surface area contributed by atoms with Crippen molar-refractivity contribution in [1.29, 1.82) is 0 Å². The minimum atomic E-state index is -0.887. The van der Waals surface area contributed by atoms with E-state index in [4.69, 9.17) is 0 Å². The van der Waals surface area contributed by atoms with Gasteiger partial charge in [-0.25, -0.2) is 4.79 Å². The Balaban J connectivity index is 1.39. The number of nitrogens with zero attached hydrogens (tertiary/aromatic N) is 4. The Kier molecular flexibility index (Phi) is 5.87. The molecule has 6 heteroatoms. The highest BCUT2D eigenvalue weighted by molar-refractivity contribution is 5.95. The fraction of sp³-hybridized carbons (Fsp3) is 0.333. The van der Waals surface area contributed by atoms with Crippen LogP contribution >= 0.6 is 0 Å². The van der Waals surface area contributed by atoms with Crippen LogP contribution in [0.15, 0.2) is 71.2 Å². The van der Waals surface area contributed by atoms with Crippen LogP contribution in [0.3, 0.4) is 0 Å². The summed E-state index contributed by atoms with van der Waals surface area (Å²) in [6.45, 7) is 5.36. The number of carboxylic acid groups (broad SMARTS) is 1. The molecule has 2 heterocycles. The van der Waals surface area contributed by atoms with Crippen LogP contribution in [0, 0.1) is 0 Å². The van der Waals surface area contributed by atoms with E-state index in [-0.39, 0.29) is 12.1 Å². The monoisotopic (exact) mass is 442 g/mol. The molecule has 0 saturated carbocycles. The van der Waals surface area contributed by atoms with Gasteiger partial charge in [0.05, 0.1) is 24.0 Å². The summed E-state index contributed by atoms with van der Waals surface area (Å²) in [4.78, 5) is 23.2. The lowest BCUT2D eigenvalue weighted by atomic mass is 9.87. The van der Waals surface area contributed by atoms with Crippen molar-refractivity contribution < 1.29 is 9.90 Å². The van der Waals surface area contributed by atoms with Gasteiger partial charge in [-0.3, -0.25) is 9.89 Å². The van der Waals surface area contributed by atoms with Gasteiger partial charge in [0.1, 0.15) is 0 Å². The molecule has 1 N–H and O–H groups in total.